The molecule has 1 amide bonds. The van der Waals surface area contributed by atoms with E-state index in [-0.39, 0.29) is 6.07 Å². The maximum absolute atomic E-state index is 13.2. The van der Waals surface area contributed by atoms with E-state index >= 15 is 0 Å². The van der Waals surface area contributed by atoms with Crippen LogP contribution in [0, 0.1) is 0 Å². The van der Waals surface area contributed by atoms with Gasteiger partial charge in [0.25, 0.3) is 5.91 Å². The summed E-state index contributed by atoms with van der Waals surface area (Å²) in [5.41, 5.74) is 0.400. The molecule has 0 radical (unpaired) electrons. The molecule has 0 heterocycles. The van der Waals surface area contributed by atoms with Gasteiger partial charge >= 0.3 is 12.4 Å². The van der Waals surface area contributed by atoms with E-state index in [1.165, 1.54) is 11.6 Å². The van der Waals surface area contributed by atoms with Crippen LogP contribution in [-0.4, -0.2) is 21.2 Å². The van der Waals surface area contributed by atoms with Crippen LogP contribution < -0.4 is 10.2 Å². The Morgan fingerprint density at radius 3 is 2.21 bits per heavy atom. The largest absolute Gasteiger partial charge is 0.416 e. The van der Waals surface area contributed by atoms with Gasteiger partial charge in [0, 0.05) is 17.0 Å². The Morgan fingerprint density at radius 1 is 1.06 bits per heavy atom. The number of benzene rings is 2. The van der Waals surface area contributed by atoms with Gasteiger partial charge in [0.15, 0.2) is 0 Å². The lowest BCUT2D eigenvalue weighted by Gasteiger charge is -2.21. The number of nitrogens with one attached hydrogen (secondary N) is 2. The molecule has 0 bridgehead atoms. The number of hydroxylamine groups is 1. The highest BCUT2D eigenvalue weighted by Gasteiger charge is 2.38. The molecule has 2 aromatic rings. The van der Waals surface area contributed by atoms with Crippen molar-refractivity contribution in [2.75, 3.05) is 0 Å². The van der Waals surface area contributed by atoms with Gasteiger partial charge < -0.3 is 0 Å². The second-order valence-electron chi connectivity index (χ2n) is 7.39. The number of amides is 1. The summed E-state index contributed by atoms with van der Waals surface area (Å²) < 4.78 is 94.7. The Labute approximate surface area is 185 Å². The average molecular weight is 492 g/mol. The molecule has 0 saturated heterocycles. The Morgan fingerprint density at radius 2 is 1.67 bits per heavy atom. The lowest BCUT2D eigenvalue weighted by atomic mass is 10.0. The highest BCUT2D eigenvalue weighted by Crippen LogP contribution is 2.38. The van der Waals surface area contributed by atoms with Crippen LogP contribution in [0.3, 0.4) is 0 Å². The number of carbonyl (C=O) groups excluding carboxylic acids is 1. The normalized spacial score (nSPS) is 18.2. The number of hydrogen-bond acceptors (Lipinski definition) is 3. The molecule has 0 saturated carbocycles. The fourth-order valence-electron chi connectivity index (χ4n) is 3.49. The number of rotatable bonds is 5. The van der Waals surface area contributed by atoms with Crippen molar-refractivity contribution in [3.05, 3.63) is 70.3 Å². The second-order valence-corrected chi connectivity index (χ2v) is 9.45. The van der Waals surface area contributed by atoms with Crippen molar-refractivity contribution < 1.29 is 40.6 Å². The zero-order valence-electron chi connectivity index (χ0n) is 16.8. The van der Waals surface area contributed by atoms with Crippen LogP contribution in [-0.2, 0) is 33.3 Å². The topological polar surface area (TPSA) is 78.4 Å². The Hall–Kier alpha value is -2.83. The van der Waals surface area contributed by atoms with Crippen LogP contribution in [0.5, 0.6) is 0 Å². The summed E-state index contributed by atoms with van der Waals surface area (Å²) in [5.74, 6) is 2.67. The summed E-state index contributed by atoms with van der Waals surface area (Å²) in [7, 11) is -3.73. The van der Waals surface area contributed by atoms with Crippen LogP contribution in [0.25, 0.3) is 6.08 Å². The minimum Gasteiger partial charge on any atom is -0.288 e. The third-order valence-corrected chi connectivity index (χ3v) is 6.72. The van der Waals surface area contributed by atoms with Crippen LogP contribution in [0.2, 0.25) is 0 Å². The molecule has 33 heavy (non-hydrogen) atoms. The van der Waals surface area contributed by atoms with Crippen molar-refractivity contribution in [3.63, 3.8) is 0 Å². The van der Waals surface area contributed by atoms with Gasteiger partial charge in [-0.2, -0.15) is 26.3 Å². The molecular weight excluding hydrogens is 474 g/mol. The van der Waals surface area contributed by atoms with Gasteiger partial charge in [0.2, 0.25) is 0 Å². The Kier molecular flexibility index (Phi) is 6.65. The minimum absolute atomic E-state index is 0.0318. The number of halogens is 6. The van der Waals surface area contributed by atoms with Crippen LogP contribution in [0.15, 0.2) is 47.4 Å². The van der Waals surface area contributed by atoms with Crippen LogP contribution in [0.4, 0.5) is 26.3 Å². The molecular formula is C21H18F6N2O3S. The second kappa shape index (κ2) is 8.84. The maximum atomic E-state index is 13.2. The molecule has 3 N–H and O–H groups in total. The fourth-order valence-corrected chi connectivity index (χ4v) is 4.96. The van der Waals surface area contributed by atoms with E-state index in [1.807, 2.05) is 0 Å². The molecule has 3 rings (SSSR count). The molecule has 1 aliphatic carbocycles. The molecule has 2 atom stereocenters. The summed E-state index contributed by atoms with van der Waals surface area (Å²) in [4.78, 5) is 10.4. The third-order valence-electron chi connectivity index (χ3n) is 5.06. The summed E-state index contributed by atoms with van der Waals surface area (Å²) in [5, 5.41) is 8.51. The van der Waals surface area contributed by atoms with Gasteiger partial charge in [0.1, 0.15) is 0 Å². The first-order valence-corrected chi connectivity index (χ1v) is 11.1. The average Bonchev–Trinajstić information content (AvgIpc) is 3.11. The zero-order chi connectivity index (χ0) is 24.6. The molecule has 2 unspecified atom stereocenters. The third kappa shape index (κ3) is 5.75. The standard InChI is InChI=1S/C21H18F6N2O3S/c1-33(32,16-10-14(20(22,23)24)9-15(11-16)21(25,26)27)29-18-6-4-13-8-12(2-5-17(13)18)3-7-19(30)28-31/h2-3,5,7-11,18,31H,1,4,6H2,(H,28,30)(H,29,32)/b7-3+. The van der Waals surface area contributed by atoms with Gasteiger partial charge in [-0.15, -0.1) is 0 Å². The smallest absolute Gasteiger partial charge is 0.288 e. The molecule has 1 aliphatic rings. The van der Waals surface area contributed by atoms with Gasteiger partial charge in [0.05, 0.1) is 20.8 Å². The van der Waals surface area contributed by atoms with E-state index in [9.17, 15) is 35.3 Å². The van der Waals surface area contributed by atoms with Crippen LogP contribution >= 0.6 is 0 Å². The summed E-state index contributed by atoms with van der Waals surface area (Å²) in [6.07, 6.45) is -6.71. The van der Waals surface area contributed by atoms with Crippen molar-refractivity contribution in [2.45, 2.75) is 36.1 Å². The minimum atomic E-state index is -5.07. The van der Waals surface area contributed by atoms with Gasteiger partial charge in [-0.3, -0.25) is 10.0 Å². The van der Waals surface area contributed by atoms with E-state index in [0.717, 1.165) is 11.6 Å². The molecule has 178 valence electrons. The SMILES string of the molecule is C=S(=O)(NC1CCc2cc(/C=C/C(=O)NO)ccc21)c1cc(C(F)(F)F)cc(C(F)(F)F)c1. The van der Waals surface area contributed by atoms with E-state index in [1.54, 1.807) is 18.2 Å². The predicted molar refractivity (Wildman–Crippen MR) is 110 cm³/mol. The molecule has 0 spiro atoms. The number of carbonyl (C=O) groups is 1. The van der Waals surface area contributed by atoms with E-state index < -0.39 is 50.0 Å². The number of fused-ring (bicyclic) bond motifs is 1. The summed E-state index contributed by atoms with van der Waals surface area (Å²) >= 11 is 0. The zero-order valence-corrected chi connectivity index (χ0v) is 17.6. The van der Waals surface area contributed by atoms with Crippen LogP contribution in [0.1, 0.15) is 40.3 Å². The monoisotopic (exact) mass is 492 g/mol. The van der Waals surface area contributed by atoms with Crippen molar-refractivity contribution >= 4 is 27.6 Å². The number of alkyl halides is 6. The molecule has 5 nitrogen and oxygen atoms in total. The molecule has 0 aromatic heterocycles. The predicted octanol–water partition coefficient (Wildman–Crippen LogP) is 4.51. The summed E-state index contributed by atoms with van der Waals surface area (Å²) in [6.45, 7) is 0. The van der Waals surface area contributed by atoms with Crippen molar-refractivity contribution in [3.8, 4) is 0 Å². The maximum Gasteiger partial charge on any atom is 0.416 e. The van der Waals surface area contributed by atoms with Gasteiger partial charge in [-0.1, -0.05) is 18.2 Å². The van der Waals surface area contributed by atoms with Crippen molar-refractivity contribution in [2.24, 2.45) is 0 Å². The van der Waals surface area contributed by atoms with Gasteiger partial charge in [-0.05, 0) is 59.7 Å². The number of aryl methyl sites for hydroxylation is 1. The first kappa shape index (κ1) is 24.8. The van der Waals surface area contributed by atoms with Gasteiger partial charge in [-0.25, -0.2) is 14.4 Å². The molecule has 2 aromatic carbocycles. The number of hydrogen-bond donors (Lipinski definition) is 3. The van der Waals surface area contributed by atoms with E-state index in [0.29, 0.717) is 36.1 Å². The Balaban J connectivity index is 1.91. The highest BCUT2D eigenvalue weighted by atomic mass is 32.2. The summed E-state index contributed by atoms with van der Waals surface area (Å²) in [6, 6.07) is 5.18. The quantitative estimate of drug-likeness (QED) is 0.189. The first-order chi connectivity index (χ1) is 15.2. The Bertz CT molecular complexity index is 1170. The van der Waals surface area contributed by atoms with Crippen molar-refractivity contribution in [1.29, 1.82) is 0 Å². The molecule has 0 fully saturated rings. The van der Waals surface area contributed by atoms with E-state index in [4.69, 9.17) is 5.21 Å². The molecule has 0 aliphatic heterocycles. The van der Waals surface area contributed by atoms with Crippen molar-refractivity contribution in [1.82, 2.24) is 10.2 Å². The van der Waals surface area contributed by atoms with E-state index in [2.05, 4.69) is 10.6 Å². The molecule has 12 heteroatoms. The highest BCUT2D eigenvalue weighted by molar-refractivity contribution is 7.98. The first-order valence-electron chi connectivity index (χ1n) is 9.40. The lowest BCUT2D eigenvalue weighted by Crippen LogP contribution is -2.28. The lowest BCUT2D eigenvalue weighted by molar-refractivity contribution is -0.143. The fraction of sp³-hybridized carbons (Fsp3) is 0.238.